The van der Waals surface area contributed by atoms with Gasteiger partial charge < -0.3 is 5.32 Å². The number of halogens is 3. The smallest absolute Gasteiger partial charge is 0.264 e. The van der Waals surface area contributed by atoms with Crippen molar-refractivity contribution in [2.24, 2.45) is 0 Å². The zero-order chi connectivity index (χ0) is 21.0. The van der Waals surface area contributed by atoms with E-state index in [1.165, 1.54) is 24.3 Å². The molecule has 1 N–H and O–H groups in total. The van der Waals surface area contributed by atoms with Gasteiger partial charge in [0.05, 0.1) is 15.6 Å². The lowest BCUT2D eigenvalue weighted by Gasteiger charge is -2.24. The van der Waals surface area contributed by atoms with Crippen LogP contribution in [0.1, 0.15) is 0 Å². The molecular weight excluding hydrogens is 530 g/mol. The summed E-state index contributed by atoms with van der Waals surface area (Å²) in [5, 5.41) is 2.42. The van der Waals surface area contributed by atoms with Crippen molar-refractivity contribution in [3.8, 4) is 0 Å². The molecule has 3 rings (SSSR count). The molecule has 0 saturated carbocycles. The first-order valence-corrected chi connectivity index (χ1v) is 11.3. The van der Waals surface area contributed by atoms with Gasteiger partial charge in [-0.25, -0.2) is 12.8 Å². The first-order chi connectivity index (χ1) is 13.8. The summed E-state index contributed by atoms with van der Waals surface area (Å²) >= 11 is 7.97. The van der Waals surface area contributed by atoms with Crippen molar-refractivity contribution in [2.75, 3.05) is 16.2 Å². The van der Waals surface area contributed by atoms with Crippen molar-refractivity contribution in [2.45, 2.75) is 4.90 Å². The molecule has 0 radical (unpaired) electrons. The normalized spacial score (nSPS) is 11.1. The van der Waals surface area contributed by atoms with Crippen molar-refractivity contribution in [1.82, 2.24) is 0 Å². The summed E-state index contributed by atoms with van der Waals surface area (Å²) in [5.74, 6) is -1.23. The highest BCUT2D eigenvalue weighted by molar-refractivity contribution is 14.1. The molecule has 0 atom stereocenters. The molecule has 0 spiro atoms. The zero-order valence-electron chi connectivity index (χ0n) is 14.8. The van der Waals surface area contributed by atoms with Gasteiger partial charge in [-0.3, -0.25) is 9.10 Å². The van der Waals surface area contributed by atoms with Gasteiger partial charge in [-0.1, -0.05) is 29.8 Å². The fourth-order valence-corrected chi connectivity index (χ4v) is 4.51. The molecule has 0 aliphatic carbocycles. The molecule has 0 heterocycles. The predicted molar refractivity (Wildman–Crippen MR) is 120 cm³/mol. The van der Waals surface area contributed by atoms with Gasteiger partial charge in [0.1, 0.15) is 12.4 Å². The van der Waals surface area contributed by atoms with Gasteiger partial charge in [-0.05, 0) is 77.2 Å². The highest BCUT2D eigenvalue weighted by Crippen LogP contribution is 2.27. The Bertz CT molecular complexity index is 1130. The highest BCUT2D eigenvalue weighted by atomic mass is 127. The third kappa shape index (κ3) is 5.26. The van der Waals surface area contributed by atoms with Crippen molar-refractivity contribution in [1.29, 1.82) is 0 Å². The van der Waals surface area contributed by atoms with Crippen molar-refractivity contribution >= 4 is 61.5 Å². The summed E-state index contributed by atoms with van der Waals surface area (Å²) in [6.07, 6.45) is 0. The molecule has 1 amide bonds. The van der Waals surface area contributed by atoms with Crippen LogP contribution < -0.4 is 9.62 Å². The Morgan fingerprint density at radius 2 is 1.69 bits per heavy atom. The van der Waals surface area contributed by atoms with E-state index in [4.69, 9.17) is 11.6 Å². The van der Waals surface area contributed by atoms with Gasteiger partial charge in [0.15, 0.2) is 0 Å². The van der Waals surface area contributed by atoms with Crippen LogP contribution in [-0.2, 0) is 14.8 Å². The molecule has 3 aromatic carbocycles. The van der Waals surface area contributed by atoms with Crippen molar-refractivity contribution in [3.05, 3.63) is 87.2 Å². The lowest BCUT2D eigenvalue weighted by atomic mass is 10.3. The fraction of sp³-hybridized carbons (Fsp3) is 0.0500. The van der Waals surface area contributed by atoms with Gasteiger partial charge in [-0.2, -0.15) is 0 Å². The van der Waals surface area contributed by atoms with E-state index in [1.54, 1.807) is 30.3 Å². The van der Waals surface area contributed by atoms with E-state index in [0.29, 0.717) is 5.69 Å². The van der Waals surface area contributed by atoms with Crippen LogP contribution in [0.25, 0.3) is 0 Å². The van der Waals surface area contributed by atoms with Crippen LogP contribution in [0.3, 0.4) is 0 Å². The van der Waals surface area contributed by atoms with Crippen LogP contribution in [0.5, 0.6) is 0 Å². The number of sulfonamides is 1. The number of benzene rings is 3. The van der Waals surface area contributed by atoms with Crippen LogP contribution >= 0.6 is 34.2 Å². The van der Waals surface area contributed by atoms with E-state index in [0.717, 1.165) is 13.9 Å². The fourth-order valence-electron chi connectivity index (χ4n) is 2.54. The summed E-state index contributed by atoms with van der Waals surface area (Å²) < 4.78 is 41.8. The number of carbonyl (C=O) groups is 1. The lowest BCUT2D eigenvalue weighted by molar-refractivity contribution is -0.114. The maximum Gasteiger partial charge on any atom is 0.264 e. The molecule has 3 aromatic rings. The van der Waals surface area contributed by atoms with Gasteiger partial charge in [0.25, 0.3) is 10.0 Å². The third-order valence-electron chi connectivity index (χ3n) is 3.94. The quantitative estimate of drug-likeness (QED) is 0.448. The number of amides is 1. The average molecular weight is 545 g/mol. The minimum atomic E-state index is -4.09. The largest absolute Gasteiger partial charge is 0.325 e. The zero-order valence-corrected chi connectivity index (χ0v) is 18.6. The number of hydrogen-bond donors (Lipinski definition) is 1. The number of hydrogen-bond acceptors (Lipinski definition) is 3. The molecule has 29 heavy (non-hydrogen) atoms. The van der Waals surface area contributed by atoms with E-state index in [2.05, 4.69) is 27.9 Å². The topological polar surface area (TPSA) is 66.5 Å². The van der Waals surface area contributed by atoms with Crippen LogP contribution in [0.2, 0.25) is 5.02 Å². The third-order valence-corrected chi connectivity index (χ3v) is 6.73. The summed E-state index contributed by atoms with van der Waals surface area (Å²) in [4.78, 5) is 12.6. The SMILES string of the molecule is O=C(CN(c1ccc(F)c(Cl)c1)S(=O)(=O)c1ccccc1)Nc1ccc(I)cc1. The molecule has 0 bridgehead atoms. The van der Waals surface area contributed by atoms with E-state index < -0.39 is 28.3 Å². The number of rotatable bonds is 6. The maximum atomic E-state index is 13.6. The molecular formula is C20H15ClFIN2O3S. The molecule has 0 aromatic heterocycles. The van der Waals surface area contributed by atoms with Crippen molar-refractivity contribution in [3.63, 3.8) is 0 Å². The summed E-state index contributed by atoms with van der Waals surface area (Å²) in [6.45, 7) is -0.509. The van der Waals surface area contributed by atoms with Crippen molar-refractivity contribution < 1.29 is 17.6 Å². The second-order valence-electron chi connectivity index (χ2n) is 5.98. The maximum absolute atomic E-state index is 13.6. The molecule has 0 aliphatic rings. The first-order valence-electron chi connectivity index (χ1n) is 8.35. The Balaban J connectivity index is 1.95. The second kappa shape index (κ2) is 9.10. The Hall–Kier alpha value is -2.17. The molecule has 150 valence electrons. The van der Waals surface area contributed by atoms with Gasteiger partial charge >= 0.3 is 0 Å². The van der Waals surface area contributed by atoms with Crippen LogP contribution in [-0.4, -0.2) is 20.9 Å². The number of anilines is 2. The van der Waals surface area contributed by atoms with Crippen LogP contribution in [0.15, 0.2) is 77.7 Å². The molecule has 5 nitrogen and oxygen atoms in total. The monoisotopic (exact) mass is 544 g/mol. The summed E-state index contributed by atoms with van der Waals surface area (Å²) in [7, 11) is -4.09. The number of carbonyl (C=O) groups excluding carboxylic acids is 1. The van der Waals surface area contributed by atoms with Gasteiger partial charge in [0, 0.05) is 9.26 Å². The average Bonchev–Trinajstić information content (AvgIpc) is 2.71. The molecule has 9 heteroatoms. The molecule has 0 unspecified atom stereocenters. The Morgan fingerprint density at radius 3 is 2.31 bits per heavy atom. The number of nitrogens with one attached hydrogen (secondary N) is 1. The van der Waals surface area contributed by atoms with E-state index in [1.807, 2.05) is 12.1 Å². The Kier molecular flexibility index (Phi) is 6.76. The molecule has 0 fully saturated rings. The Labute approximate surface area is 186 Å². The minimum Gasteiger partial charge on any atom is -0.325 e. The highest BCUT2D eigenvalue weighted by Gasteiger charge is 2.27. The van der Waals surface area contributed by atoms with Crippen LogP contribution in [0, 0.1) is 9.39 Å². The predicted octanol–water partition coefficient (Wildman–Crippen LogP) is 4.92. The van der Waals surface area contributed by atoms with Crippen LogP contribution in [0.4, 0.5) is 15.8 Å². The standard InChI is InChI=1S/C20H15ClFIN2O3S/c21-18-12-16(10-11-19(18)22)25(29(27,28)17-4-2-1-3-5-17)13-20(26)24-15-8-6-14(23)7-9-15/h1-12H,13H2,(H,24,26). The molecule has 0 aliphatic heterocycles. The van der Waals surface area contributed by atoms with E-state index >= 15 is 0 Å². The minimum absolute atomic E-state index is 0.00233. The summed E-state index contributed by atoms with van der Waals surface area (Å²) in [6, 6.07) is 18.2. The van der Waals surface area contributed by atoms with Gasteiger partial charge in [-0.15, -0.1) is 0 Å². The molecule has 0 saturated heterocycles. The summed E-state index contributed by atoms with van der Waals surface area (Å²) in [5.41, 5.74) is 0.614. The van der Waals surface area contributed by atoms with E-state index in [9.17, 15) is 17.6 Å². The Morgan fingerprint density at radius 1 is 1.03 bits per heavy atom. The van der Waals surface area contributed by atoms with Gasteiger partial charge in [0.2, 0.25) is 5.91 Å². The number of nitrogens with zero attached hydrogens (tertiary/aromatic N) is 1. The van der Waals surface area contributed by atoms with E-state index in [-0.39, 0.29) is 15.6 Å². The second-order valence-corrected chi connectivity index (χ2v) is 9.49. The lowest BCUT2D eigenvalue weighted by Crippen LogP contribution is -2.38. The first kappa shape index (κ1) is 21.5.